The number of likely N-dealkylation sites (tertiary alicyclic amines) is 1. The molecule has 0 amide bonds. The molecule has 1 N–H and O–H groups in total. The summed E-state index contributed by atoms with van der Waals surface area (Å²) in [4.78, 5) is 2.63. The summed E-state index contributed by atoms with van der Waals surface area (Å²) in [5.74, 6) is 0.342. The van der Waals surface area contributed by atoms with E-state index in [4.69, 9.17) is 0 Å². The van der Waals surface area contributed by atoms with Crippen molar-refractivity contribution in [3.05, 3.63) is 65.7 Å². The van der Waals surface area contributed by atoms with Crippen LogP contribution in [0.4, 0.5) is 0 Å². The predicted octanol–water partition coefficient (Wildman–Crippen LogP) is 4.68. The first-order chi connectivity index (χ1) is 10.3. The molecular weight excluding hydrogens is 258 g/mol. The number of hydrogen-bond donors (Lipinski definition) is 1. The van der Waals surface area contributed by atoms with Gasteiger partial charge in [-0.25, -0.2) is 0 Å². The van der Waals surface area contributed by atoms with E-state index in [0.717, 1.165) is 13.0 Å². The van der Waals surface area contributed by atoms with Crippen molar-refractivity contribution in [2.24, 2.45) is 0 Å². The highest BCUT2D eigenvalue weighted by molar-refractivity contribution is 5.29. The number of phenols is 1. The molecule has 0 aromatic heterocycles. The number of hydrogen-bond acceptors (Lipinski definition) is 2. The van der Waals surface area contributed by atoms with E-state index in [-0.39, 0.29) is 0 Å². The third-order valence-electron chi connectivity index (χ3n) is 4.54. The molecule has 3 rings (SSSR count). The second-order valence-corrected chi connectivity index (χ2v) is 5.82. The van der Waals surface area contributed by atoms with Gasteiger partial charge in [-0.15, -0.1) is 0 Å². The molecule has 1 heterocycles. The van der Waals surface area contributed by atoms with E-state index in [2.05, 4.69) is 54.3 Å². The molecule has 0 spiro atoms. The van der Waals surface area contributed by atoms with E-state index in [9.17, 15) is 5.11 Å². The maximum atomic E-state index is 9.49. The minimum Gasteiger partial charge on any atom is -0.508 e. The molecule has 2 heteroatoms. The van der Waals surface area contributed by atoms with Crippen molar-refractivity contribution in [2.75, 3.05) is 6.54 Å². The average Bonchev–Trinajstić information content (AvgIpc) is 3.00. The summed E-state index contributed by atoms with van der Waals surface area (Å²) in [6, 6.07) is 19.5. The van der Waals surface area contributed by atoms with Gasteiger partial charge in [0.15, 0.2) is 0 Å². The molecule has 21 heavy (non-hydrogen) atoms. The summed E-state index contributed by atoms with van der Waals surface area (Å²) >= 11 is 0. The van der Waals surface area contributed by atoms with E-state index < -0.39 is 0 Å². The minimum absolute atomic E-state index is 0.342. The third-order valence-corrected chi connectivity index (χ3v) is 4.54. The molecule has 0 aliphatic carbocycles. The molecule has 2 unspecified atom stereocenters. The second kappa shape index (κ2) is 6.31. The average molecular weight is 281 g/mol. The minimum atomic E-state index is 0.342. The largest absolute Gasteiger partial charge is 0.508 e. The van der Waals surface area contributed by atoms with Gasteiger partial charge in [-0.05, 0) is 49.1 Å². The van der Waals surface area contributed by atoms with Crippen LogP contribution in [-0.2, 0) is 0 Å². The van der Waals surface area contributed by atoms with Gasteiger partial charge < -0.3 is 5.11 Å². The zero-order valence-corrected chi connectivity index (χ0v) is 12.6. The maximum absolute atomic E-state index is 9.49. The van der Waals surface area contributed by atoms with Crippen molar-refractivity contribution in [3.63, 3.8) is 0 Å². The van der Waals surface area contributed by atoms with Crippen LogP contribution >= 0.6 is 0 Å². The van der Waals surface area contributed by atoms with Gasteiger partial charge in [0.1, 0.15) is 5.75 Å². The van der Waals surface area contributed by atoms with Gasteiger partial charge >= 0.3 is 0 Å². The topological polar surface area (TPSA) is 23.5 Å². The molecule has 2 nitrogen and oxygen atoms in total. The zero-order chi connectivity index (χ0) is 14.7. The van der Waals surface area contributed by atoms with E-state index in [0.29, 0.717) is 17.8 Å². The first-order valence-electron chi connectivity index (χ1n) is 7.89. The summed E-state index contributed by atoms with van der Waals surface area (Å²) in [7, 11) is 0. The van der Waals surface area contributed by atoms with Gasteiger partial charge in [-0.2, -0.15) is 0 Å². The second-order valence-electron chi connectivity index (χ2n) is 5.82. The van der Waals surface area contributed by atoms with E-state index >= 15 is 0 Å². The SMILES string of the molecule is CCC(c1ccc(O)cc1)N1CCCC1c1ccccc1. The number of aromatic hydroxyl groups is 1. The van der Waals surface area contributed by atoms with E-state index in [1.54, 1.807) is 12.1 Å². The molecule has 2 aromatic rings. The Morgan fingerprint density at radius 2 is 1.81 bits per heavy atom. The monoisotopic (exact) mass is 281 g/mol. The van der Waals surface area contributed by atoms with Crippen LogP contribution in [0.5, 0.6) is 5.75 Å². The highest BCUT2D eigenvalue weighted by Gasteiger charge is 2.31. The molecule has 2 aromatic carbocycles. The van der Waals surface area contributed by atoms with Crippen molar-refractivity contribution < 1.29 is 5.11 Å². The maximum Gasteiger partial charge on any atom is 0.115 e. The van der Waals surface area contributed by atoms with Crippen LogP contribution in [0.1, 0.15) is 49.4 Å². The van der Waals surface area contributed by atoms with Crippen molar-refractivity contribution in [1.29, 1.82) is 0 Å². The standard InChI is InChI=1S/C19H23NO/c1-2-18(16-10-12-17(21)13-11-16)20-14-6-9-19(20)15-7-4-3-5-8-15/h3-5,7-8,10-13,18-19,21H,2,6,9,14H2,1H3. The lowest BCUT2D eigenvalue weighted by Crippen LogP contribution is -2.28. The molecule has 1 aliphatic rings. The summed E-state index contributed by atoms with van der Waals surface area (Å²) in [6.45, 7) is 3.40. The fraction of sp³-hybridized carbons (Fsp3) is 0.368. The van der Waals surface area contributed by atoms with Gasteiger partial charge in [-0.3, -0.25) is 4.90 Å². The Labute approximate surface area is 127 Å². The fourth-order valence-corrected chi connectivity index (χ4v) is 3.55. The van der Waals surface area contributed by atoms with Crippen LogP contribution in [0.2, 0.25) is 0 Å². The molecule has 0 saturated carbocycles. The highest BCUT2D eigenvalue weighted by Crippen LogP contribution is 2.40. The molecule has 0 bridgehead atoms. The van der Waals surface area contributed by atoms with Crippen molar-refractivity contribution in [2.45, 2.75) is 38.3 Å². The highest BCUT2D eigenvalue weighted by atomic mass is 16.3. The third kappa shape index (κ3) is 2.96. The molecule has 2 atom stereocenters. The molecule has 1 aliphatic heterocycles. The fourth-order valence-electron chi connectivity index (χ4n) is 3.55. The first kappa shape index (κ1) is 14.2. The zero-order valence-electron chi connectivity index (χ0n) is 12.6. The Morgan fingerprint density at radius 1 is 1.10 bits per heavy atom. The smallest absolute Gasteiger partial charge is 0.115 e. The van der Waals surface area contributed by atoms with Gasteiger partial charge in [-0.1, -0.05) is 49.4 Å². The Balaban J connectivity index is 1.87. The van der Waals surface area contributed by atoms with Crippen molar-refractivity contribution in [3.8, 4) is 5.75 Å². The lowest BCUT2D eigenvalue weighted by Gasteiger charge is -2.33. The van der Waals surface area contributed by atoms with Gasteiger partial charge in [0.25, 0.3) is 0 Å². The normalized spacial score (nSPS) is 20.5. The molecule has 0 radical (unpaired) electrons. The summed E-state index contributed by atoms with van der Waals surface area (Å²) in [5, 5.41) is 9.49. The molecule has 110 valence electrons. The van der Waals surface area contributed by atoms with E-state index in [1.807, 2.05) is 0 Å². The molecule has 1 saturated heterocycles. The number of benzene rings is 2. The number of rotatable bonds is 4. The van der Waals surface area contributed by atoms with E-state index in [1.165, 1.54) is 24.0 Å². The molecule has 1 fully saturated rings. The Hall–Kier alpha value is -1.80. The predicted molar refractivity (Wildman–Crippen MR) is 86.3 cm³/mol. The Kier molecular flexibility index (Phi) is 4.26. The number of nitrogens with zero attached hydrogens (tertiary/aromatic N) is 1. The number of phenolic OH excluding ortho intramolecular Hbond substituents is 1. The van der Waals surface area contributed by atoms with Crippen LogP contribution in [0.15, 0.2) is 54.6 Å². The molecular formula is C19H23NO. The van der Waals surface area contributed by atoms with Crippen molar-refractivity contribution >= 4 is 0 Å². The van der Waals surface area contributed by atoms with Gasteiger partial charge in [0, 0.05) is 12.1 Å². The van der Waals surface area contributed by atoms with Crippen LogP contribution in [0.3, 0.4) is 0 Å². The lowest BCUT2D eigenvalue weighted by molar-refractivity contribution is 0.176. The Bertz CT molecular complexity index is 564. The van der Waals surface area contributed by atoms with Crippen LogP contribution in [0, 0.1) is 0 Å². The van der Waals surface area contributed by atoms with Gasteiger partial charge in [0.05, 0.1) is 0 Å². The summed E-state index contributed by atoms with van der Waals surface area (Å²) in [5.41, 5.74) is 2.73. The van der Waals surface area contributed by atoms with Crippen LogP contribution in [-0.4, -0.2) is 16.6 Å². The quantitative estimate of drug-likeness (QED) is 0.879. The Morgan fingerprint density at radius 3 is 2.48 bits per heavy atom. The van der Waals surface area contributed by atoms with Crippen LogP contribution in [0.25, 0.3) is 0 Å². The first-order valence-corrected chi connectivity index (χ1v) is 7.89. The lowest BCUT2D eigenvalue weighted by atomic mass is 9.98. The van der Waals surface area contributed by atoms with Gasteiger partial charge in [0.2, 0.25) is 0 Å². The van der Waals surface area contributed by atoms with Crippen LogP contribution < -0.4 is 0 Å². The van der Waals surface area contributed by atoms with Crippen molar-refractivity contribution in [1.82, 2.24) is 4.90 Å². The summed E-state index contributed by atoms with van der Waals surface area (Å²) < 4.78 is 0. The summed E-state index contributed by atoms with van der Waals surface area (Å²) in [6.07, 6.45) is 3.58.